The van der Waals surface area contributed by atoms with Gasteiger partial charge in [0.05, 0.1) is 12.8 Å². The Labute approximate surface area is 126 Å². The molecule has 7 nitrogen and oxygen atoms in total. The Balaban J connectivity index is 2.47. The number of hydrogen-bond donors (Lipinski definition) is 1. The van der Waals surface area contributed by atoms with Crippen LogP contribution in [-0.4, -0.2) is 26.7 Å². The van der Waals surface area contributed by atoms with E-state index in [1.165, 1.54) is 21.0 Å². The SMILES string of the molecule is COC(=O)c1scc(C)c1NS(=O)(=O)c1c(C)noc1C. The van der Waals surface area contributed by atoms with Gasteiger partial charge in [0.1, 0.15) is 10.6 Å². The van der Waals surface area contributed by atoms with Crippen LogP contribution < -0.4 is 4.72 Å². The lowest BCUT2D eigenvalue weighted by molar-refractivity contribution is 0.0607. The molecule has 0 aliphatic rings. The third kappa shape index (κ3) is 2.79. The quantitative estimate of drug-likeness (QED) is 0.863. The third-order valence-electron chi connectivity index (χ3n) is 2.82. The fraction of sp³-hybridized carbons (Fsp3) is 0.333. The third-order valence-corrected chi connectivity index (χ3v) is 5.49. The average molecular weight is 330 g/mol. The van der Waals surface area contributed by atoms with Gasteiger partial charge in [-0.2, -0.15) is 0 Å². The predicted molar refractivity (Wildman–Crippen MR) is 77.2 cm³/mol. The zero-order valence-corrected chi connectivity index (χ0v) is 13.5. The molecule has 114 valence electrons. The maximum absolute atomic E-state index is 12.5. The lowest BCUT2D eigenvalue weighted by Gasteiger charge is -2.09. The molecule has 0 amide bonds. The van der Waals surface area contributed by atoms with Crippen LogP contribution >= 0.6 is 11.3 Å². The second-order valence-electron chi connectivity index (χ2n) is 4.37. The molecular formula is C12H14N2O5S2. The summed E-state index contributed by atoms with van der Waals surface area (Å²) in [5, 5.41) is 5.30. The first kappa shape index (κ1) is 15.5. The molecule has 2 rings (SSSR count). The Kier molecular flexibility index (Phi) is 4.06. The molecular weight excluding hydrogens is 316 g/mol. The highest BCUT2D eigenvalue weighted by atomic mass is 32.2. The molecule has 0 fully saturated rings. The number of carbonyl (C=O) groups excluding carboxylic acids is 1. The van der Waals surface area contributed by atoms with Crippen LogP contribution in [0.4, 0.5) is 5.69 Å². The number of rotatable bonds is 4. The van der Waals surface area contributed by atoms with E-state index >= 15 is 0 Å². The molecule has 21 heavy (non-hydrogen) atoms. The van der Waals surface area contributed by atoms with Gasteiger partial charge in [-0.05, 0) is 31.7 Å². The molecule has 0 unspecified atom stereocenters. The van der Waals surface area contributed by atoms with Crippen molar-refractivity contribution in [3.63, 3.8) is 0 Å². The molecule has 0 aliphatic carbocycles. The number of carbonyl (C=O) groups is 1. The van der Waals surface area contributed by atoms with Crippen molar-refractivity contribution < 1.29 is 22.5 Å². The number of sulfonamides is 1. The molecule has 0 saturated carbocycles. The van der Waals surface area contributed by atoms with Crippen molar-refractivity contribution in [2.75, 3.05) is 11.8 Å². The Bertz CT molecular complexity index is 769. The zero-order valence-electron chi connectivity index (χ0n) is 11.9. The number of nitrogens with one attached hydrogen (secondary N) is 1. The highest BCUT2D eigenvalue weighted by molar-refractivity contribution is 7.92. The summed E-state index contributed by atoms with van der Waals surface area (Å²) in [4.78, 5) is 11.9. The average Bonchev–Trinajstić information content (AvgIpc) is 2.93. The molecule has 2 heterocycles. The lowest BCUT2D eigenvalue weighted by Crippen LogP contribution is -2.16. The molecule has 0 atom stereocenters. The molecule has 1 N–H and O–H groups in total. The van der Waals surface area contributed by atoms with Gasteiger partial charge in [-0.25, -0.2) is 13.2 Å². The number of anilines is 1. The van der Waals surface area contributed by atoms with Gasteiger partial charge in [-0.3, -0.25) is 4.72 Å². The predicted octanol–water partition coefficient (Wildman–Crippen LogP) is 2.25. The first-order chi connectivity index (χ1) is 9.77. The van der Waals surface area contributed by atoms with Crippen LogP contribution in [0, 0.1) is 20.8 Å². The normalized spacial score (nSPS) is 11.4. The van der Waals surface area contributed by atoms with Crippen molar-refractivity contribution in [1.82, 2.24) is 5.16 Å². The van der Waals surface area contributed by atoms with Crippen molar-refractivity contribution in [2.24, 2.45) is 0 Å². The van der Waals surface area contributed by atoms with E-state index < -0.39 is 16.0 Å². The molecule has 2 aromatic rings. The van der Waals surface area contributed by atoms with Gasteiger partial charge in [0.25, 0.3) is 10.0 Å². The topological polar surface area (TPSA) is 98.5 Å². The smallest absolute Gasteiger partial charge is 0.350 e. The fourth-order valence-corrected chi connectivity index (χ4v) is 4.32. The van der Waals surface area contributed by atoms with Crippen LogP contribution in [0.5, 0.6) is 0 Å². The van der Waals surface area contributed by atoms with E-state index in [9.17, 15) is 13.2 Å². The second kappa shape index (κ2) is 5.49. The van der Waals surface area contributed by atoms with Gasteiger partial charge in [-0.15, -0.1) is 11.3 Å². The van der Waals surface area contributed by atoms with Gasteiger partial charge in [0, 0.05) is 0 Å². The summed E-state index contributed by atoms with van der Waals surface area (Å²) in [5.74, 6) is -0.405. The maximum atomic E-state index is 12.5. The molecule has 2 aromatic heterocycles. The number of nitrogens with zero attached hydrogens (tertiary/aromatic N) is 1. The molecule has 0 spiro atoms. The number of aryl methyl sites for hydroxylation is 3. The van der Waals surface area contributed by atoms with E-state index in [0.29, 0.717) is 5.56 Å². The van der Waals surface area contributed by atoms with Crippen molar-refractivity contribution in [3.8, 4) is 0 Å². The minimum atomic E-state index is -3.90. The van der Waals surface area contributed by atoms with Crippen molar-refractivity contribution in [1.29, 1.82) is 0 Å². The van der Waals surface area contributed by atoms with Crippen molar-refractivity contribution in [3.05, 3.63) is 27.3 Å². The summed E-state index contributed by atoms with van der Waals surface area (Å²) in [6, 6.07) is 0. The Morgan fingerprint density at radius 2 is 2.05 bits per heavy atom. The standard InChI is InChI=1S/C12H14N2O5S2/c1-6-5-20-10(12(15)18-4)9(6)14-21(16,17)11-7(2)13-19-8(11)3/h5,14H,1-4H3. The Morgan fingerprint density at radius 1 is 1.38 bits per heavy atom. The highest BCUT2D eigenvalue weighted by Gasteiger charge is 2.27. The van der Waals surface area contributed by atoms with E-state index in [2.05, 4.69) is 14.6 Å². The van der Waals surface area contributed by atoms with E-state index in [0.717, 1.165) is 11.3 Å². The number of aromatic nitrogens is 1. The summed E-state index contributed by atoms with van der Waals surface area (Å²) in [7, 11) is -2.66. The summed E-state index contributed by atoms with van der Waals surface area (Å²) in [6.07, 6.45) is 0. The number of esters is 1. The van der Waals surface area contributed by atoms with Crippen LogP contribution in [0.15, 0.2) is 14.8 Å². The second-order valence-corrected chi connectivity index (χ2v) is 6.87. The number of hydrogen-bond acceptors (Lipinski definition) is 7. The molecule has 9 heteroatoms. The fourth-order valence-electron chi connectivity index (χ4n) is 1.86. The van der Waals surface area contributed by atoms with Gasteiger partial charge >= 0.3 is 5.97 Å². The van der Waals surface area contributed by atoms with Gasteiger partial charge < -0.3 is 9.26 Å². The molecule has 0 saturated heterocycles. The minimum absolute atomic E-state index is 0.0242. The first-order valence-corrected chi connectivity index (χ1v) is 8.26. The molecule has 0 bridgehead atoms. The largest absolute Gasteiger partial charge is 0.465 e. The van der Waals surface area contributed by atoms with E-state index in [4.69, 9.17) is 4.52 Å². The first-order valence-electron chi connectivity index (χ1n) is 5.90. The van der Waals surface area contributed by atoms with E-state index in [-0.39, 0.29) is 26.9 Å². The van der Waals surface area contributed by atoms with Crippen molar-refractivity contribution >= 4 is 33.0 Å². The van der Waals surface area contributed by atoms with Crippen LogP contribution in [0.3, 0.4) is 0 Å². The number of methoxy groups -OCH3 is 1. The van der Waals surface area contributed by atoms with Crippen LogP contribution in [-0.2, 0) is 14.8 Å². The molecule has 0 radical (unpaired) electrons. The maximum Gasteiger partial charge on any atom is 0.350 e. The van der Waals surface area contributed by atoms with Gasteiger partial charge in [-0.1, -0.05) is 5.16 Å². The summed E-state index contributed by atoms with van der Waals surface area (Å²) < 4.78 is 36.9. The molecule has 0 aliphatic heterocycles. The van der Waals surface area contributed by atoms with Gasteiger partial charge in [0.15, 0.2) is 10.7 Å². The van der Waals surface area contributed by atoms with E-state index in [1.807, 2.05) is 0 Å². The van der Waals surface area contributed by atoms with Crippen LogP contribution in [0.1, 0.15) is 26.7 Å². The Morgan fingerprint density at radius 3 is 2.57 bits per heavy atom. The summed E-state index contributed by atoms with van der Waals surface area (Å²) in [6.45, 7) is 4.75. The van der Waals surface area contributed by atoms with E-state index in [1.54, 1.807) is 12.3 Å². The van der Waals surface area contributed by atoms with Crippen LogP contribution in [0.2, 0.25) is 0 Å². The Hall–Kier alpha value is -1.87. The number of ether oxygens (including phenoxy) is 1. The highest BCUT2D eigenvalue weighted by Crippen LogP contribution is 2.31. The van der Waals surface area contributed by atoms with Gasteiger partial charge in [0.2, 0.25) is 0 Å². The van der Waals surface area contributed by atoms with Crippen LogP contribution in [0.25, 0.3) is 0 Å². The monoisotopic (exact) mass is 330 g/mol. The summed E-state index contributed by atoms with van der Waals surface area (Å²) >= 11 is 1.11. The lowest BCUT2D eigenvalue weighted by atomic mass is 10.3. The molecule has 0 aromatic carbocycles. The number of thiophene rings is 1. The minimum Gasteiger partial charge on any atom is -0.465 e. The zero-order chi connectivity index (χ0) is 15.8. The summed E-state index contributed by atoms with van der Waals surface area (Å²) in [5.41, 5.74) is 1.11. The van der Waals surface area contributed by atoms with Crippen molar-refractivity contribution in [2.45, 2.75) is 25.7 Å².